The van der Waals surface area contributed by atoms with Gasteiger partial charge in [-0.1, -0.05) is 72.8 Å². The van der Waals surface area contributed by atoms with Crippen molar-refractivity contribution < 1.29 is 8.49 Å². The van der Waals surface area contributed by atoms with Gasteiger partial charge in [-0.25, -0.2) is 9.69 Å². The molecule has 1 heterocycles. The minimum Gasteiger partial charge on any atom is -0.234 e. The van der Waals surface area contributed by atoms with Crippen LogP contribution in [0.4, 0.5) is 0 Å². The summed E-state index contributed by atoms with van der Waals surface area (Å²) in [4.78, 5) is 0. The summed E-state index contributed by atoms with van der Waals surface area (Å²) < 4.78 is 20.5. The number of hydrogen-bond donors (Lipinski definition) is 1. The number of nitrogens with zero attached hydrogens (tertiary/aromatic N) is 1. The summed E-state index contributed by atoms with van der Waals surface area (Å²) in [5, 5.41) is 2.37. The predicted molar refractivity (Wildman–Crippen MR) is 96.6 cm³/mol. The third-order valence-corrected chi connectivity index (χ3v) is 4.75. The molecule has 120 valence electrons. The highest BCUT2D eigenvalue weighted by atomic mass is 32.2. The molecule has 0 fully saturated rings. The van der Waals surface area contributed by atoms with Gasteiger partial charge in [-0.2, -0.15) is 4.28 Å². The van der Waals surface area contributed by atoms with Crippen LogP contribution in [0.1, 0.15) is 17.0 Å². The zero-order valence-electron chi connectivity index (χ0n) is 12.9. The van der Waals surface area contributed by atoms with Gasteiger partial charge in [0.15, 0.2) is 0 Å². The van der Waals surface area contributed by atoms with E-state index in [2.05, 4.69) is 52.3 Å². The normalized spacial score (nSPS) is 18.2. The van der Waals surface area contributed by atoms with Gasteiger partial charge >= 0.3 is 11.3 Å². The number of hydroxylamine groups is 1. The second kappa shape index (κ2) is 6.55. The van der Waals surface area contributed by atoms with Crippen LogP contribution >= 0.6 is 0 Å². The predicted octanol–water partition coefficient (Wildman–Crippen LogP) is 3.68. The molecule has 0 bridgehead atoms. The van der Waals surface area contributed by atoms with E-state index in [0.717, 1.165) is 12.0 Å². The quantitative estimate of drug-likeness (QED) is 0.791. The van der Waals surface area contributed by atoms with E-state index in [-0.39, 0.29) is 5.92 Å². The maximum absolute atomic E-state index is 11.5. The molecular weight excluding hydrogens is 320 g/mol. The van der Waals surface area contributed by atoms with Crippen LogP contribution in [0.2, 0.25) is 0 Å². The number of rotatable bonds is 4. The fourth-order valence-corrected chi connectivity index (χ4v) is 3.50. The first kappa shape index (κ1) is 15.1. The van der Waals surface area contributed by atoms with E-state index in [4.69, 9.17) is 4.28 Å². The first-order valence-corrected chi connectivity index (χ1v) is 8.79. The fourth-order valence-electron chi connectivity index (χ4n) is 2.98. The molecule has 0 saturated heterocycles. The Kier molecular flexibility index (Phi) is 4.11. The van der Waals surface area contributed by atoms with Crippen LogP contribution in [0.5, 0.6) is 0 Å². The lowest BCUT2D eigenvalue weighted by atomic mass is 9.89. The summed E-state index contributed by atoms with van der Waals surface area (Å²) in [5.41, 5.74) is 5.03. The SMILES string of the molecule is O=S1N=C(C(Cc2ccccc2)c2ccc3ccccc3c2)NO1. The molecule has 0 radical (unpaired) electrons. The molecular formula is C19H16N2O2S. The molecule has 3 aromatic carbocycles. The second-order valence-corrected chi connectivity index (χ2v) is 6.51. The molecule has 2 atom stereocenters. The number of amidine groups is 1. The first-order valence-electron chi connectivity index (χ1n) is 7.76. The van der Waals surface area contributed by atoms with Gasteiger partial charge in [0.1, 0.15) is 5.84 Å². The Hall–Kier alpha value is -2.50. The Morgan fingerprint density at radius 2 is 1.71 bits per heavy atom. The molecule has 1 N–H and O–H groups in total. The maximum Gasteiger partial charge on any atom is 0.309 e. The van der Waals surface area contributed by atoms with Gasteiger partial charge in [0, 0.05) is 5.92 Å². The lowest BCUT2D eigenvalue weighted by molar-refractivity contribution is 0.301. The Morgan fingerprint density at radius 3 is 2.46 bits per heavy atom. The first-order chi connectivity index (χ1) is 11.8. The van der Waals surface area contributed by atoms with Crippen LogP contribution in [0.3, 0.4) is 0 Å². The summed E-state index contributed by atoms with van der Waals surface area (Å²) in [5.74, 6) is 0.566. The third-order valence-electron chi connectivity index (χ3n) is 4.18. The van der Waals surface area contributed by atoms with E-state index in [1.54, 1.807) is 0 Å². The van der Waals surface area contributed by atoms with E-state index >= 15 is 0 Å². The van der Waals surface area contributed by atoms with Gasteiger partial charge in [0.2, 0.25) is 0 Å². The van der Waals surface area contributed by atoms with E-state index in [9.17, 15) is 4.21 Å². The van der Waals surface area contributed by atoms with Crippen molar-refractivity contribution in [1.29, 1.82) is 0 Å². The summed E-state index contributed by atoms with van der Waals surface area (Å²) >= 11 is -1.66. The zero-order chi connectivity index (χ0) is 16.4. The maximum atomic E-state index is 11.5. The van der Waals surface area contributed by atoms with Gasteiger partial charge in [-0.05, 0) is 28.3 Å². The van der Waals surface area contributed by atoms with Crippen molar-refractivity contribution in [3.05, 3.63) is 83.9 Å². The van der Waals surface area contributed by atoms with Crippen LogP contribution in [0.25, 0.3) is 10.8 Å². The second-order valence-electron chi connectivity index (χ2n) is 5.73. The minimum atomic E-state index is -1.66. The minimum absolute atomic E-state index is 0.0385. The van der Waals surface area contributed by atoms with Crippen LogP contribution in [0.15, 0.2) is 77.2 Å². The van der Waals surface area contributed by atoms with Crippen molar-refractivity contribution in [2.24, 2.45) is 4.40 Å². The van der Waals surface area contributed by atoms with Crippen LogP contribution < -0.4 is 5.48 Å². The molecule has 0 amide bonds. The summed E-state index contributed by atoms with van der Waals surface area (Å²) in [6.07, 6.45) is 0.756. The monoisotopic (exact) mass is 336 g/mol. The highest BCUT2D eigenvalue weighted by Crippen LogP contribution is 2.27. The standard InChI is InChI=1S/C19H16N2O2S/c22-24-21-19(20-23-24)18(12-14-6-2-1-3-7-14)17-11-10-15-8-4-5-9-16(15)13-17/h1-11,13,18H,12H2,(H,20,21). The van der Waals surface area contributed by atoms with Gasteiger partial charge in [-0.15, -0.1) is 4.40 Å². The van der Waals surface area contributed by atoms with Crippen molar-refractivity contribution >= 4 is 27.9 Å². The summed E-state index contributed by atoms with van der Waals surface area (Å²) in [7, 11) is 0. The lowest BCUT2D eigenvalue weighted by Gasteiger charge is -2.17. The van der Waals surface area contributed by atoms with Crippen LogP contribution in [-0.2, 0) is 22.0 Å². The van der Waals surface area contributed by atoms with E-state index in [1.165, 1.54) is 16.3 Å². The Morgan fingerprint density at radius 1 is 0.958 bits per heavy atom. The average molecular weight is 336 g/mol. The van der Waals surface area contributed by atoms with Crippen molar-refractivity contribution in [3.8, 4) is 0 Å². The molecule has 0 saturated carbocycles. The largest absolute Gasteiger partial charge is 0.309 e. The molecule has 1 aliphatic heterocycles. The van der Waals surface area contributed by atoms with Crippen LogP contribution in [-0.4, -0.2) is 10.0 Å². The molecule has 4 rings (SSSR count). The third kappa shape index (κ3) is 3.09. The molecule has 4 nitrogen and oxygen atoms in total. The number of benzene rings is 3. The van der Waals surface area contributed by atoms with Crippen molar-refractivity contribution in [1.82, 2.24) is 5.48 Å². The molecule has 0 aliphatic carbocycles. The van der Waals surface area contributed by atoms with Crippen molar-refractivity contribution in [2.75, 3.05) is 0 Å². The van der Waals surface area contributed by atoms with Gasteiger partial charge in [-0.3, -0.25) is 0 Å². The van der Waals surface area contributed by atoms with Gasteiger partial charge < -0.3 is 0 Å². The zero-order valence-corrected chi connectivity index (χ0v) is 13.7. The summed E-state index contributed by atoms with van der Waals surface area (Å²) in [6, 6.07) is 24.8. The van der Waals surface area contributed by atoms with Crippen molar-refractivity contribution in [3.63, 3.8) is 0 Å². The fraction of sp³-hybridized carbons (Fsp3) is 0.105. The highest BCUT2D eigenvalue weighted by Gasteiger charge is 2.25. The van der Waals surface area contributed by atoms with E-state index in [0.29, 0.717) is 5.84 Å². The average Bonchev–Trinajstić information content (AvgIpc) is 3.06. The van der Waals surface area contributed by atoms with Gasteiger partial charge in [0.05, 0.1) is 0 Å². The molecule has 0 spiro atoms. The number of nitrogens with one attached hydrogen (secondary N) is 1. The number of hydrogen-bond acceptors (Lipinski definition) is 3. The topological polar surface area (TPSA) is 50.7 Å². The Bertz CT molecular complexity index is 925. The smallest absolute Gasteiger partial charge is 0.234 e. The number of fused-ring (bicyclic) bond motifs is 1. The van der Waals surface area contributed by atoms with E-state index < -0.39 is 11.3 Å². The van der Waals surface area contributed by atoms with E-state index in [1.807, 2.05) is 30.3 Å². The van der Waals surface area contributed by atoms with Crippen LogP contribution in [0, 0.1) is 0 Å². The highest BCUT2D eigenvalue weighted by molar-refractivity contribution is 7.79. The van der Waals surface area contributed by atoms with Gasteiger partial charge in [0.25, 0.3) is 0 Å². The molecule has 2 unspecified atom stereocenters. The lowest BCUT2D eigenvalue weighted by Crippen LogP contribution is -2.26. The molecule has 24 heavy (non-hydrogen) atoms. The summed E-state index contributed by atoms with van der Waals surface area (Å²) in [6.45, 7) is 0. The molecule has 5 heteroatoms. The Balaban J connectivity index is 1.75. The molecule has 1 aliphatic rings. The van der Waals surface area contributed by atoms with Crippen molar-refractivity contribution in [2.45, 2.75) is 12.3 Å². The Labute approximate surface area is 142 Å². The molecule has 3 aromatic rings. The molecule has 0 aromatic heterocycles.